The summed E-state index contributed by atoms with van der Waals surface area (Å²) in [6.07, 6.45) is -1.39. The summed E-state index contributed by atoms with van der Waals surface area (Å²) in [5.41, 5.74) is 0. The van der Waals surface area contributed by atoms with Crippen LogP contribution in [0.25, 0.3) is 0 Å². The summed E-state index contributed by atoms with van der Waals surface area (Å²) >= 11 is 10.2. The van der Waals surface area contributed by atoms with Gasteiger partial charge in [0, 0.05) is 13.1 Å². The van der Waals surface area contributed by atoms with E-state index < -0.39 is 6.29 Å². The zero-order valence-electron chi connectivity index (χ0n) is 9.17. The third kappa shape index (κ3) is 7.64. The number of nitrogens with one attached hydrogen (secondary N) is 1. The number of aliphatic hydroxyl groups is 2. The second-order valence-electron chi connectivity index (χ2n) is 2.75. The van der Waals surface area contributed by atoms with E-state index in [1.165, 1.54) is 21.6 Å². The molecule has 0 saturated carbocycles. The molecule has 0 aromatic heterocycles. The van der Waals surface area contributed by atoms with Gasteiger partial charge >= 0.3 is 0 Å². The monoisotopic (exact) mass is 300 g/mol. The Morgan fingerprint density at radius 1 is 1.25 bits per heavy atom. The molecule has 0 aliphatic heterocycles. The lowest BCUT2D eigenvalue weighted by molar-refractivity contribution is -0.0339. The Bertz CT molecular complexity index is 234. The molecule has 0 heterocycles. The molecule has 0 saturated heterocycles. The van der Waals surface area contributed by atoms with Crippen molar-refractivity contribution in [2.45, 2.75) is 20.1 Å². The van der Waals surface area contributed by atoms with Crippen molar-refractivity contribution in [1.82, 2.24) is 10.2 Å². The lowest BCUT2D eigenvalue weighted by Crippen LogP contribution is -2.29. The van der Waals surface area contributed by atoms with Gasteiger partial charge in [0.05, 0.1) is 6.54 Å². The van der Waals surface area contributed by atoms with E-state index in [0.717, 1.165) is 17.4 Å². The molecule has 94 valence electrons. The van der Waals surface area contributed by atoms with Gasteiger partial charge in [-0.3, -0.25) is 0 Å². The molecule has 8 heteroatoms. The van der Waals surface area contributed by atoms with Crippen molar-refractivity contribution in [2.75, 3.05) is 19.6 Å². The van der Waals surface area contributed by atoms with Crippen molar-refractivity contribution in [1.29, 1.82) is 0 Å². The van der Waals surface area contributed by atoms with Gasteiger partial charge in [0.1, 0.15) is 8.64 Å². The van der Waals surface area contributed by atoms with Gasteiger partial charge in [0.2, 0.25) is 0 Å². The van der Waals surface area contributed by atoms with E-state index in [1.54, 1.807) is 0 Å². The second kappa shape index (κ2) is 9.43. The largest absolute Gasteiger partial charge is 0.367 e. The van der Waals surface area contributed by atoms with Crippen molar-refractivity contribution in [3.05, 3.63) is 0 Å². The minimum Gasteiger partial charge on any atom is -0.367 e. The van der Waals surface area contributed by atoms with Crippen LogP contribution >= 0.6 is 46.0 Å². The molecule has 0 bridgehead atoms. The van der Waals surface area contributed by atoms with Crippen LogP contribution in [0.5, 0.6) is 0 Å². The minimum atomic E-state index is -1.39. The highest BCUT2D eigenvalue weighted by molar-refractivity contribution is 8.89. The molecule has 0 aliphatic carbocycles. The fourth-order valence-electron chi connectivity index (χ4n) is 0.812. The Labute approximate surface area is 115 Å². The molecular formula is C8H16N2O2S4. The fraction of sp³-hybridized carbons (Fsp3) is 0.750. The highest BCUT2D eigenvalue weighted by atomic mass is 33.1. The number of hydrogen-bond acceptors (Lipinski definition) is 6. The molecule has 0 unspecified atom stereocenters. The summed E-state index contributed by atoms with van der Waals surface area (Å²) in [4.78, 5) is 2.05. The van der Waals surface area contributed by atoms with Gasteiger partial charge in [0.15, 0.2) is 6.29 Å². The summed E-state index contributed by atoms with van der Waals surface area (Å²) in [5, 5.41) is 20.0. The predicted octanol–water partition coefficient (Wildman–Crippen LogP) is 1.18. The van der Waals surface area contributed by atoms with Gasteiger partial charge < -0.3 is 20.4 Å². The van der Waals surface area contributed by atoms with Gasteiger partial charge in [-0.15, -0.1) is 0 Å². The van der Waals surface area contributed by atoms with E-state index in [9.17, 15) is 0 Å². The first-order valence-electron chi connectivity index (χ1n) is 4.78. The number of hydrogen-bond donors (Lipinski definition) is 3. The molecule has 0 amide bonds. The molecule has 0 rings (SSSR count). The van der Waals surface area contributed by atoms with Crippen LogP contribution < -0.4 is 5.32 Å². The van der Waals surface area contributed by atoms with E-state index in [-0.39, 0.29) is 6.54 Å². The zero-order chi connectivity index (χ0) is 12.6. The molecule has 4 nitrogen and oxygen atoms in total. The van der Waals surface area contributed by atoms with E-state index in [4.69, 9.17) is 34.6 Å². The highest BCUT2D eigenvalue weighted by Crippen LogP contribution is 2.25. The highest BCUT2D eigenvalue weighted by Gasteiger charge is 2.08. The fourth-order valence-corrected chi connectivity index (χ4v) is 3.35. The second-order valence-corrected chi connectivity index (χ2v) is 6.19. The van der Waals surface area contributed by atoms with Crippen molar-refractivity contribution in [3.8, 4) is 0 Å². The normalized spacial score (nSPS) is 10.3. The SMILES string of the molecule is CCN(CC)C(=S)SSC(=S)NCC(O)O. The summed E-state index contributed by atoms with van der Waals surface area (Å²) < 4.78 is 1.27. The third-order valence-corrected chi connectivity index (χ3v) is 5.18. The molecule has 3 N–H and O–H groups in total. The topological polar surface area (TPSA) is 55.7 Å². The Kier molecular flexibility index (Phi) is 9.67. The van der Waals surface area contributed by atoms with Gasteiger partial charge in [-0.05, 0) is 35.4 Å². The average Bonchev–Trinajstić information content (AvgIpc) is 2.25. The van der Waals surface area contributed by atoms with Crippen LogP contribution in [0.1, 0.15) is 13.8 Å². The third-order valence-electron chi connectivity index (χ3n) is 1.64. The Balaban J connectivity index is 3.78. The maximum absolute atomic E-state index is 8.63. The molecule has 0 aromatic carbocycles. The zero-order valence-corrected chi connectivity index (χ0v) is 12.4. The first-order chi connectivity index (χ1) is 7.51. The summed E-state index contributed by atoms with van der Waals surface area (Å²) in [6.45, 7) is 5.86. The van der Waals surface area contributed by atoms with Crippen LogP contribution in [0.2, 0.25) is 0 Å². The molecule has 0 atom stereocenters. The van der Waals surface area contributed by atoms with Crippen molar-refractivity contribution >= 4 is 54.7 Å². The Hall–Kier alpha value is 0.400. The van der Waals surface area contributed by atoms with E-state index in [1.807, 2.05) is 13.8 Å². The van der Waals surface area contributed by atoms with Crippen LogP contribution in [0.3, 0.4) is 0 Å². The molecule has 0 fully saturated rings. The summed E-state index contributed by atoms with van der Waals surface area (Å²) in [7, 11) is 2.72. The van der Waals surface area contributed by atoms with Gasteiger partial charge in [0.25, 0.3) is 0 Å². The lowest BCUT2D eigenvalue weighted by Gasteiger charge is -2.20. The number of nitrogens with zero attached hydrogens (tertiary/aromatic N) is 1. The van der Waals surface area contributed by atoms with Crippen LogP contribution in [0.15, 0.2) is 0 Å². The van der Waals surface area contributed by atoms with Crippen molar-refractivity contribution in [2.24, 2.45) is 0 Å². The number of aliphatic hydroxyl groups excluding tert-OH is 1. The first-order valence-corrected chi connectivity index (χ1v) is 7.75. The van der Waals surface area contributed by atoms with Gasteiger partial charge in [-0.2, -0.15) is 0 Å². The number of thiocarbonyl (C=S) groups is 2. The molecule has 16 heavy (non-hydrogen) atoms. The lowest BCUT2D eigenvalue weighted by atomic mass is 10.6. The Morgan fingerprint density at radius 3 is 2.25 bits per heavy atom. The van der Waals surface area contributed by atoms with Crippen LogP contribution in [0, 0.1) is 0 Å². The van der Waals surface area contributed by atoms with Gasteiger partial charge in [-0.1, -0.05) is 24.4 Å². The smallest absolute Gasteiger partial charge is 0.169 e. The maximum atomic E-state index is 8.63. The van der Waals surface area contributed by atoms with Crippen molar-refractivity contribution < 1.29 is 10.2 Å². The standard InChI is InChI=1S/C8H16N2O2S4/c1-3-10(4-2)8(14)16-15-7(13)9-5-6(11)12/h6,11-12H,3-5H2,1-2H3,(H,9,13). The molecule has 0 aliphatic rings. The molecule has 0 radical (unpaired) electrons. The quantitative estimate of drug-likeness (QED) is 0.406. The van der Waals surface area contributed by atoms with Gasteiger partial charge in [-0.25, -0.2) is 0 Å². The number of rotatable bonds is 4. The minimum absolute atomic E-state index is 0.0322. The van der Waals surface area contributed by atoms with E-state index in [2.05, 4.69) is 10.2 Å². The van der Waals surface area contributed by atoms with Crippen molar-refractivity contribution in [3.63, 3.8) is 0 Å². The van der Waals surface area contributed by atoms with Crippen LogP contribution in [0.4, 0.5) is 0 Å². The van der Waals surface area contributed by atoms with E-state index in [0.29, 0.717) is 4.32 Å². The summed E-state index contributed by atoms with van der Waals surface area (Å²) in [6, 6.07) is 0. The predicted molar refractivity (Wildman–Crippen MR) is 79.5 cm³/mol. The molecular weight excluding hydrogens is 284 g/mol. The maximum Gasteiger partial charge on any atom is 0.169 e. The molecule has 0 aromatic rings. The van der Waals surface area contributed by atoms with Crippen LogP contribution in [-0.2, 0) is 0 Å². The van der Waals surface area contributed by atoms with E-state index >= 15 is 0 Å². The Morgan fingerprint density at radius 2 is 1.81 bits per heavy atom. The molecule has 0 spiro atoms. The first kappa shape index (κ1) is 16.4. The average molecular weight is 300 g/mol. The van der Waals surface area contributed by atoms with Crippen LogP contribution in [-0.4, -0.2) is 49.7 Å². The summed E-state index contributed by atoms with van der Waals surface area (Å²) in [5.74, 6) is 0.